The maximum absolute atomic E-state index is 2.37. The second kappa shape index (κ2) is 12.2. The minimum absolute atomic E-state index is 0.684. The summed E-state index contributed by atoms with van der Waals surface area (Å²) in [6.07, 6.45) is 8.17. The molecule has 2 aliphatic rings. The average Bonchev–Trinajstić information content (AvgIpc) is 3.94. The molecular formula is C49H36N2. The van der Waals surface area contributed by atoms with Gasteiger partial charge in [0.15, 0.2) is 0 Å². The topological polar surface area (TPSA) is 8.17 Å². The van der Waals surface area contributed by atoms with E-state index in [-0.39, 0.29) is 0 Å². The van der Waals surface area contributed by atoms with Crippen LogP contribution in [0.5, 0.6) is 0 Å². The van der Waals surface area contributed by atoms with Crippen molar-refractivity contribution in [2.24, 2.45) is 11.8 Å². The van der Waals surface area contributed by atoms with Crippen LogP contribution < -0.4 is 4.90 Å². The lowest BCUT2D eigenvalue weighted by Crippen LogP contribution is -2.10. The number of benzene rings is 7. The van der Waals surface area contributed by atoms with Crippen molar-refractivity contribution in [2.75, 3.05) is 4.90 Å². The third-order valence-corrected chi connectivity index (χ3v) is 10.7. The van der Waals surface area contributed by atoms with Gasteiger partial charge in [-0.1, -0.05) is 127 Å². The summed E-state index contributed by atoms with van der Waals surface area (Å²) in [5.74, 6) is 1.41. The summed E-state index contributed by atoms with van der Waals surface area (Å²) >= 11 is 0. The van der Waals surface area contributed by atoms with E-state index in [2.05, 4.69) is 204 Å². The number of fused-ring (bicyclic) bond motifs is 4. The Morgan fingerprint density at radius 1 is 0.451 bits per heavy atom. The van der Waals surface area contributed by atoms with E-state index in [0.717, 1.165) is 23.0 Å². The van der Waals surface area contributed by atoms with Crippen LogP contribution in [0.4, 0.5) is 17.1 Å². The minimum atomic E-state index is 0.684. The van der Waals surface area contributed by atoms with E-state index in [1.165, 1.54) is 67.3 Å². The highest BCUT2D eigenvalue weighted by atomic mass is 15.1. The zero-order valence-electron chi connectivity index (χ0n) is 28.2. The molecule has 2 unspecified atom stereocenters. The Morgan fingerprint density at radius 3 is 1.67 bits per heavy atom. The van der Waals surface area contributed by atoms with Crippen LogP contribution in [0.2, 0.25) is 0 Å². The normalized spacial score (nSPS) is 16.2. The first-order valence-corrected chi connectivity index (χ1v) is 17.9. The van der Waals surface area contributed by atoms with Crippen molar-refractivity contribution in [1.82, 2.24) is 4.57 Å². The van der Waals surface area contributed by atoms with Crippen LogP contribution in [0, 0.1) is 11.8 Å². The largest absolute Gasteiger partial charge is 0.311 e. The molecule has 8 aromatic rings. The minimum Gasteiger partial charge on any atom is -0.311 e. The van der Waals surface area contributed by atoms with Crippen LogP contribution >= 0.6 is 0 Å². The molecule has 2 nitrogen and oxygen atoms in total. The van der Waals surface area contributed by atoms with E-state index in [0.29, 0.717) is 5.92 Å². The molecule has 242 valence electrons. The van der Waals surface area contributed by atoms with Gasteiger partial charge in [-0.25, -0.2) is 0 Å². The van der Waals surface area contributed by atoms with E-state index in [4.69, 9.17) is 0 Å². The highest BCUT2D eigenvalue weighted by molar-refractivity contribution is 6.10. The van der Waals surface area contributed by atoms with Crippen LogP contribution in [0.25, 0.3) is 55.3 Å². The lowest BCUT2D eigenvalue weighted by atomic mass is 9.96. The van der Waals surface area contributed by atoms with Crippen LogP contribution in [-0.4, -0.2) is 4.57 Å². The summed E-state index contributed by atoms with van der Waals surface area (Å²) in [6.45, 7) is 0. The Bertz CT molecular complexity index is 2570. The number of allylic oxidation sites excluding steroid dienone is 4. The second-order valence-electron chi connectivity index (χ2n) is 13.8. The van der Waals surface area contributed by atoms with Crippen LogP contribution in [0.15, 0.2) is 194 Å². The molecule has 0 N–H and O–H groups in total. The summed E-state index contributed by atoms with van der Waals surface area (Å²) in [7, 11) is 0. The van der Waals surface area contributed by atoms with E-state index < -0.39 is 0 Å². The summed E-state index contributed by atoms with van der Waals surface area (Å²) in [4.78, 5) is 2.37. The molecule has 7 aromatic carbocycles. The smallest absolute Gasteiger partial charge is 0.0541 e. The predicted molar refractivity (Wildman–Crippen MR) is 215 cm³/mol. The van der Waals surface area contributed by atoms with Gasteiger partial charge in [-0.15, -0.1) is 0 Å². The standard InChI is InChI=1S/C49H36N2/c1-3-10-34(11-4-1)35-18-25-41(26-19-35)50(43-29-22-37(23-30-43)44-16-9-12-39-33-46(39)44)42-27-20-36(21-28-42)38-24-31-49-47(32-38)45-15-7-8-17-48(45)51(49)40-13-5-2-6-14-40/h1-32,39,46H,33H2. The average molecular weight is 653 g/mol. The zero-order valence-corrected chi connectivity index (χ0v) is 28.2. The third kappa shape index (κ3) is 5.28. The van der Waals surface area contributed by atoms with Crippen molar-refractivity contribution in [3.8, 4) is 27.9 Å². The molecule has 1 heterocycles. The first kappa shape index (κ1) is 29.5. The molecule has 0 aliphatic heterocycles. The van der Waals surface area contributed by atoms with E-state index in [1.54, 1.807) is 0 Å². The SMILES string of the molecule is C1=CC2CC2C(c2ccc(N(c3ccc(-c4ccccc4)cc3)c3ccc(-c4ccc5c(c4)c4ccccc4n5-c4ccccc4)cc3)cc2)=C1. The van der Waals surface area contributed by atoms with Gasteiger partial charge in [0.2, 0.25) is 0 Å². The van der Waals surface area contributed by atoms with Gasteiger partial charge in [-0.3, -0.25) is 0 Å². The Kier molecular flexibility index (Phi) is 7.06. The van der Waals surface area contributed by atoms with Crippen molar-refractivity contribution in [3.63, 3.8) is 0 Å². The molecule has 2 heteroatoms. The molecule has 0 radical (unpaired) electrons. The molecule has 0 bridgehead atoms. The van der Waals surface area contributed by atoms with Gasteiger partial charge in [0, 0.05) is 33.5 Å². The molecule has 1 aromatic heterocycles. The molecule has 2 aliphatic carbocycles. The highest BCUT2D eigenvalue weighted by Crippen LogP contribution is 2.51. The van der Waals surface area contributed by atoms with Crippen molar-refractivity contribution in [2.45, 2.75) is 6.42 Å². The maximum atomic E-state index is 2.37. The first-order chi connectivity index (χ1) is 25.3. The zero-order chi connectivity index (χ0) is 33.7. The molecule has 1 saturated carbocycles. The summed E-state index contributed by atoms with van der Waals surface area (Å²) in [5, 5.41) is 2.53. The number of hydrogen-bond acceptors (Lipinski definition) is 1. The Balaban J connectivity index is 1.03. The quantitative estimate of drug-likeness (QED) is 0.166. The van der Waals surface area contributed by atoms with Gasteiger partial charge in [0.05, 0.1) is 11.0 Å². The van der Waals surface area contributed by atoms with Gasteiger partial charge in [0.25, 0.3) is 0 Å². The highest BCUT2D eigenvalue weighted by Gasteiger charge is 2.39. The van der Waals surface area contributed by atoms with Crippen molar-refractivity contribution >= 4 is 44.4 Å². The molecule has 2 atom stereocenters. The Labute approximate surface area is 298 Å². The summed E-state index contributed by atoms with van der Waals surface area (Å²) in [6, 6.07) is 64.0. The van der Waals surface area contributed by atoms with Gasteiger partial charge in [-0.2, -0.15) is 0 Å². The number of hydrogen-bond donors (Lipinski definition) is 0. The predicted octanol–water partition coefficient (Wildman–Crippen LogP) is 13.2. The number of rotatable bonds is 7. The van der Waals surface area contributed by atoms with Crippen molar-refractivity contribution in [3.05, 3.63) is 200 Å². The van der Waals surface area contributed by atoms with Crippen LogP contribution in [-0.2, 0) is 0 Å². The van der Waals surface area contributed by atoms with E-state index >= 15 is 0 Å². The van der Waals surface area contributed by atoms with E-state index in [9.17, 15) is 0 Å². The fraction of sp³-hybridized carbons (Fsp3) is 0.0612. The summed E-state index contributed by atoms with van der Waals surface area (Å²) in [5.41, 5.74) is 14.7. The lowest BCUT2D eigenvalue weighted by Gasteiger charge is -2.26. The number of para-hydroxylation sites is 2. The Morgan fingerprint density at radius 2 is 0.980 bits per heavy atom. The maximum Gasteiger partial charge on any atom is 0.0541 e. The molecular weight excluding hydrogens is 617 g/mol. The van der Waals surface area contributed by atoms with Gasteiger partial charge < -0.3 is 9.47 Å². The number of nitrogens with zero attached hydrogens (tertiary/aromatic N) is 2. The molecule has 10 rings (SSSR count). The van der Waals surface area contributed by atoms with Gasteiger partial charge in [-0.05, 0) is 118 Å². The van der Waals surface area contributed by atoms with Gasteiger partial charge >= 0.3 is 0 Å². The molecule has 1 fully saturated rings. The lowest BCUT2D eigenvalue weighted by molar-refractivity contribution is 0.999. The van der Waals surface area contributed by atoms with E-state index in [1.807, 2.05) is 0 Å². The number of anilines is 3. The van der Waals surface area contributed by atoms with Crippen LogP contribution in [0.3, 0.4) is 0 Å². The Hall–Kier alpha value is -6.38. The third-order valence-electron chi connectivity index (χ3n) is 10.7. The van der Waals surface area contributed by atoms with Crippen molar-refractivity contribution in [1.29, 1.82) is 0 Å². The molecule has 51 heavy (non-hydrogen) atoms. The second-order valence-corrected chi connectivity index (χ2v) is 13.8. The van der Waals surface area contributed by atoms with Gasteiger partial charge in [0.1, 0.15) is 0 Å². The first-order valence-electron chi connectivity index (χ1n) is 17.9. The van der Waals surface area contributed by atoms with Crippen LogP contribution in [0.1, 0.15) is 12.0 Å². The number of aromatic nitrogens is 1. The fourth-order valence-electron chi connectivity index (χ4n) is 8.02. The fourth-order valence-corrected chi connectivity index (χ4v) is 8.02. The monoisotopic (exact) mass is 652 g/mol. The molecule has 0 amide bonds. The molecule has 0 spiro atoms. The summed E-state index contributed by atoms with van der Waals surface area (Å²) < 4.78 is 2.37. The molecule has 0 saturated heterocycles. The van der Waals surface area contributed by atoms with Crippen molar-refractivity contribution < 1.29 is 0 Å².